The first kappa shape index (κ1) is 18.0. The van der Waals surface area contributed by atoms with E-state index in [1.165, 1.54) is 10.4 Å². The first-order valence-electron chi connectivity index (χ1n) is 6.81. The first-order valence-corrected chi connectivity index (χ1v) is 7.69. The maximum absolute atomic E-state index is 4.25. The van der Waals surface area contributed by atoms with E-state index in [4.69, 9.17) is 0 Å². The quantitative estimate of drug-likeness (QED) is 0.443. The Hall–Kier alpha value is -1.08. The minimum absolute atomic E-state index is 0. The van der Waals surface area contributed by atoms with Crippen LogP contribution in [0.4, 0.5) is 0 Å². The molecule has 0 fully saturated rings. The number of nitrogens with zero attached hydrogens (tertiary/aromatic N) is 1. The number of rotatable bonds is 5. The Morgan fingerprint density at radius 2 is 1.90 bits per heavy atom. The van der Waals surface area contributed by atoms with Gasteiger partial charge in [-0.05, 0) is 17.0 Å². The van der Waals surface area contributed by atoms with E-state index in [1.807, 2.05) is 18.2 Å². The second-order valence-corrected chi connectivity index (χ2v) is 5.69. The standard InChI is InChI=1S/C16H21N3S.HI/c1-13(15-9-6-10-20-15)11-18-16(17-2)19-12-14-7-4-3-5-8-14;/h3-10,13H,11-12H2,1-2H3,(H2,17,18,19);1H. The highest BCUT2D eigenvalue weighted by Crippen LogP contribution is 2.19. The third kappa shape index (κ3) is 6.05. The molecule has 5 heteroatoms. The summed E-state index contributed by atoms with van der Waals surface area (Å²) in [6.45, 7) is 3.90. The molecule has 2 rings (SSSR count). The van der Waals surface area contributed by atoms with Gasteiger partial charge in [-0.3, -0.25) is 4.99 Å². The molecule has 0 aliphatic rings. The molecule has 1 heterocycles. The average molecular weight is 415 g/mol. The zero-order chi connectivity index (χ0) is 14.2. The van der Waals surface area contributed by atoms with Crippen molar-refractivity contribution in [2.45, 2.75) is 19.4 Å². The minimum atomic E-state index is 0. The monoisotopic (exact) mass is 415 g/mol. The van der Waals surface area contributed by atoms with Crippen LogP contribution >= 0.6 is 35.3 Å². The van der Waals surface area contributed by atoms with E-state index < -0.39 is 0 Å². The molecule has 0 aliphatic heterocycles. The Morgan fingerprint density at radius 3 is 2.52 bits per heavy atom. The Balaban J connectivity index is 0.00000220. The van der Waals surface area contributed by atoms with Crippen LogP contribution in [0, 0.1) is 0 Å². The van der Waals surface area contributed by atoms with Gasteiger partial charge in [-0.25, -0.2) is 0 Å². The summed E-state index contributed by atoms with van der Waals surface area (Å²) in [4.78, 5) is 5.65. The third-order valence-corrected chi connectivity index (χ3v) is 4.23. The molecular formula is C16H22IN3S. The summed E-state index contributed by atoms with van der Waals surface area (Å²) < 4.78 is 0. The Kier molecular flexibility index (Phi) is 8.37. The molecule has 114 valence electrons. The molecule has 1 aromatic carbocycles. The van der Waals surface area contributed by atoms with Crippen molar-refractivity contribution < 1.29 is 0 Å². The molecule has 0 bridgehead atoms. The van der Waals surface area contributed by atoms with Crippen molar-refractivity contribution in [2.24, 2.45) is 4.99 Å². The van der Waals surface area contributed by atoms with E-state index in [0.717, 1.165) is 19.0 Å². The second kappa shape index (κ2) is 9.78. The number of hydrogen-bond acceptors (Lipinski definition) is 2. The highest BCUT2D eigenvalue weighted by atomic mass is 127. The number of guanidine groups is 1. The topological polar surface area (TPSA) is 36.4 Å². The summed E-state index contributed by atoms with van der Waals surface area (Å²) in [5.74, 6) is 1.34. The van der Waals surface area contributed by atoms with Gasteiger partial charge in [-0.15, -0.1) is 35.3 Å². The van der Waals surface area contributed by atoms with Gasteiger partial charge in [0.25, 0.3) is 0 Å². The zero-order valence-electron chi connectivity index (χ0n) is 12.4. The van der Waals surface area contributed by atoms with Gasteiger partial charge in [0.1, 0.15) is 0 Å². The summed E-state index contributed by atoms with van der Waals surface area (Å²) in [6.07, 6.45) is 0. The smallest absolute Gasteiger partial charge is 0.191 e. The molecule has 1 unspecified atom stereocenters. The van der Waals surface area contributed by atoms with Crippen LogP contribution in [0.2, 0.25) is 0 Å². The molecule has 0 amide bonds. The third-order valence-electron chi connectivity index (χ3n) is 3.13. The number of halogens is 1. The molecule has 0 radical (unpaired) electrons. The number of hydrogen-bond donors (Lipinski definition) is 2. The molecular weight excluding hydrogens is 393 g/mol. The molecule has 0 spiro atoms. The molecule has 1 aromatic heterocycles. The molecule has 1 atom stereocenters. The van der Waals surface area contributed by atoms with Crippen molar-refractivity contribution in [3.8, 4) is 0 Å². The zero-order valence-corrected chi connectivity index (χ0v) is 15.5. The van der Waals surface area contributed by atoms with Crippen LogP contribution in [-0.2, 0) is 6.54 Å². The van der Waals surface area contributed by atoms with Crippen molar-refractivity contribution in [1.82, 2.24) is 10.6 Å². The van der Waals surface area contributed by atoms with Crippen molar-refractivity contribution in [1.29, 1.82) is 0 Å². The van der Waals surface area contributed by atoms with Gasteiger partial charge in [0, 0.05) is 30.9 Å². The normalized spacial score (nSPS) is 12.4. The van der Waals surface area contributed by atoms with Crippen LogP contribution in [-0.4, -0.2) is 19.6 Å². The van der Waals surface area contributed by atoms with Crippen molar-refractivity contribution in [2.75, 3.05) is 13.6 Å². The summed E-state index contributed by atoms with van der Waals surface area (Å²) >= 11 is 1.80. The van der Waals surface area contributed by atoms with Gasteiger partial charge < -0.3 is 10.6 Å². The molecule has 0 saturated carbocycles. The van der Waals surface area contributed by atoms with E-state index in [2.05, 4.69) is 52.2 Å². The minimum Gasteiger partial charge on any atom is -0.356 e. The van der Waals surface area contributed by atoms with E-state index >= 15 is 0 Å². The average Bonchev–Trinajstić information content (AvgIpc) is 3.02. The lowest BCUT2D eigenvalue weighted by molar-refractivity contribution is 0.708. The van der Waals surface area contributed by atoms with Gasteiger partial charge in [0.15, 0.2) is 5.96 Å². The van der Waals surface area contributed by atoms with E-state index in [0.29, 0.717) is 5.92 Å². The van der Waals surface area contributed by atoms with Crippen LogP contribution in [0.25, 0.3) is 0 Å². The molecule has 0 saturated heterocycles. The number of benzene rings is 1. The lowest BCUT2D eigenvalue weighted by Crippen LogP contribution is -2.38. The van der Waals surface area contributed by atoms with E-state index in [1.54, 1.807) is 18.4 Å². The van der Waals surface area contributed by atoms with Crippen LogP contribution in [0.3, 0.4) is 0 Å². The van der Waals surface area contributed by atoms with Crippen molar-refractivity contribution >= 4 is 41.3 Å². The Morgan fingerprint density at radius 1 is 1.14 bits per heavy atom. The van der Waals surface area contributed by atoms with E-state index in [-0.39, 0.29) is 24.0 Å². The summed E-state index contributed by atoms with van der Waals surface area (Å²) in [7, 11) is 1.80. The highest BCUT2D eigenvalue weighted by molar-refractivity contribution is 14.0. The number of thiophene rings is 1. The van der Waals surface area contributed by atoms with Crippen molar-refractivity contribution in [3.05, 3.63) is 58.3 Å². The van der Waals surface area contributed by atoms with Gasteiger partial charge in [0.2, 0.25) is 0 Å². The van der Waals surface area contributed by atoms with E-state index in [9.17, 15) is 0 Å². The molecule has 3 nitrogen and oxygen atoms in total. The molecule has 2 aromatic rings. The van der Waals surface area contributed by atoms with Gasteiger partial charge in [-0.2, -0.15) is 0 Å². The number of nitrogens with one attached hydrogen (secondary N) is 2. The fourth-order valence-corrected chi connectivity index (χ4v) is 2.71. The fraction of sp³-hybridized carbons (Fsp3) is 0.312. The summed E-state index contributed by atoms with van der Waals surface area (Å²) in [5.41, 5.74) is 1.25. The van der Waals surface area contributed by atoms with Crippen LogP contribution in [0.1, 0.15) is 23.3 Å². The molecule has 21 heavy (non-hydrogen) atoms. The lowest BCUT2D eigenvalue weighted by atomic mass is 10.1. The summed E-state index contributed by atoms with van der Waals surface area (Å²) in [6, 6.07) is 14.6. The van der Waals surface area contributed by atoms with Gasteiger partial charge in [0.05, 0.1) is 0 Å². The molecule has 2 N–H and O–H groups in total. The second-order valence-electron chi connectivity index (χ2n) is 4.71. The highest BCUT2D eigenvalue weighted by Gasteiger charge is 2.07. The summed E-state index contributed by atoms with van der Waals surface area (Å²) in [5, 5.41) is 8.82. The number of aliphatic imine (C=N–C) groups is 1. The SMILES string of the molecule is CN=C(NCc1ccccc1)NCC(C)c1cccs1.I. The Labute approximate surface area is 147 Å². The lowest BCUT2D eigenvalue weighted by Gasteiger charge is -2.15. The van der Waals surface area contributed by atoms with Crippen molar-refractivity contribution in [3.63, 3.8) is 0 Å². The maximum Gasteiger partial charge on any atom is 0.191 e. The Bertz CT molecular complexity index is 526. The molecule has 0 aliphatic carbocycles. The van der Waals surface area contributed by atoms with Gasteiger partial charge >= 0.3 is 0 Å². The van der Waals surface area contributed by atoms with Crippen LogP contribution in [0.5, 0.6) is 0 Å². The largest absolute Gasteiger partial charge is 0.356 e. The maximum atomic E-state index is 4.25. The predicted octanol–water partition coefficient (Wildman–Crippen LogP) is 3.83. The predicted molar refractivity (Wildman–Crippen MR) is 103 cm³/mol. The van der Waals surface area contributed by atoms with Gasteiger partial charge in [-0.1, -0.05) is 43.3 Å². The van der Waals surface area contributed by atoms with Crippen LogP contribution < -0.4 is 10.6 Å². The first-order chi connectivity index (χ1) is 9.79. The van der Waals surface area contributed by atoms with Crippen LogP contribution in [0.15, 0.2) is 52.8 Å². The fourth-order valence-electron chi connectivity index (χ4n) is 1.92.